The number of nitrogens with two attached hydrogens (primary N) is 1. The zero-order valence-corrected chi connectivity index (χ0v) is 16.8. The lowest BCUT2D eigenvalue weighted by Gasteiger charge is -2.35. The van der Waals surface area contributed by atoms with Gasteiger partial charge in [0, 0.05) is 18.4 Å². The highest BCUT2D eigenvalue weighted by atomic mass is 32.2. The Morgan fingerprint density at radius 3 is 2.52 bits per heavy atom. The average molecular weight is 433 g/mol. The van der Waals surface area contributed by atoms with Crippen LogP contribution in [-0.4, -0.2) is 31.9 Å². The summed E-state index contributed by atoms with van der Waals surface area (Å²) in [6.45, 7) is 0. The third-order valence-electron chi connectivity index (χ3n) is 6.03. The van der Waals surface area contributed by atoms with Gasteiger partial charge in [0.1, 0.15) is 11.5 Å². The standard InChI is InChI=1S/C20H26F3NO4S/c21-20(22,23)28-14-4-3-5-15(12-14)29(26,27)16-10-13(11-16)8-9-19(25)17-6-1-2-7-18(17)24/h3-5,12-13,16-18H,1-2,6-11,24H2/t13?,16?,17-,18-/m0/s1. The molecule has 0 heterocycles. The van der Waals surface area contributed by atoms with Gasteiger partial charge in [-0.25, -0.2) is 8.42 Å². The summed E-state index contributed by atoms with van der Waals surface area (Å²) < 4.78 is 66.3. The Morgan fingerprint density at radius 2 is 1.86 bits per heavy atom. The monoisotopic (exact) mass is 433 g/mol. The van der Waals surface area contributed by atoms with E-state index in [2.05, 4.69) is 4.74 Å². The van der Waals surface area contributed by atoms with E-state index >= 15 is 0 Å². The van der Waals surface area contributed by atoms with Crippen molar-refractivity contribution in [3.63, 3.8) is 0 Å². The molecule has 0 unspecified atom stereocenters. The van der Waals surface area contributed by atoms with Crippen molar-refractivity contribution >= 4 is 15.6 Å². The summed E-state index contributed by atoms with van der Waals surface area (Å²) in [6.07, 6.45) is 0.767. The molecule has 2 atom stereocenters. The molecule has 9 heteroatoms. The smallest absolute Gasteiger partial charge is 0.406 e. The summed E-state index contributed by atoms with van der Waals surface area (Å²) in [6, 6.07) is 4.41. The number of sulfone groups is 1. The summed E-state index contributed by atoms with van der Waals surface area (Å²) in [5.41, 5.74) is 6.05. The predicted octanol–water partition coefficient (Wildman–Crippen LogP) is 4.00. The zero-order valence-electron chi connectivity index (χ0n) is 16.0. The van der Waals surface area contributed by atoms with Crippen LogP contribution < -0.4 is 10.5 Å². The number of carbonyl (C=O) groups is 1. The van der Waals surface area contributed by atoms with Crippen molar-refractivity contribution in [1.82, 2.24) is 0 Å². The Kier molecular flexibility index (Phi) is 6.57. The third-order valence-corrected chi connectivity index (χ3v) is 8.20. The van der Waals surface area contributed by atoms with Gasteiger partial charge in [-0.2, -0.15) is 0 Å². The van der Waals surface area contributed by atoms with Crippen LogP contribution >= 0.6 is 0 Å². The molecule has 0 bridgehead atoms. The second-order valence-corrected chi connectivity index (χ2v) is 10.3. The van der Waals surface area contributed by atoms with Gasteiger partial charge in [0.25, 0.3) is 0 Å². The second kappa shape index (κ2) is 8.63. The van der Waals surface area contributed by atoms with E-state index in [1.165, 1.54) is 12.1 Å². The van der Waals surface area contributed by atoms with Crippen molar-refractivity contribution in [2.24, 2.45) is 17.6 Å². The van der Waals surface area contributed by atoms with Crippen LogP contribution in [0.3, 0.4) is 0 Å². The van der Waals surface area contributed by atoms with E-state index in [1.807, 2.05) is 0 Å². The number of hydrogen-bond acceptors (Lipinski definition) is 5. The van der Waals surface area contributed by atoms with Crippen LogP contribution in [-0.2, 0) is 14.6 Å². The van der Waals surface area contributed by atoms with Crippen LogP contribution in [0.1, 0.15) is 51.4 Å². The number of rotatable bonds is 7. The maximum Gasteiger partial charge on any atom is 0.573 e. The molecule has 2 aliphatic rings. The van der Waals surface area contributed by atoms with Gasteiger partial charge in [0.15, 0.2) is 9.84 Å². The number of halogens is 3. The van der Waals surface area contributed by atoms with Crippen molar-refractivity contribution in [1.29, 1.82) is 0 Å². The van der Waals surface area contributed by atoms with E-state index in [9.17, 15) is 26.4 Å². The van der Waals surface area contributed by atoms with Crippen molar-refractivity contribution in [2.45, 2.75) is 73.9 Å². The molecular weight excluding hydrogens is 407 g/mol. The van der Waals surface area contributed by atoms with Crippen LogP contribution in [0, 0.1) is 11.8 Å². The number of Topliss-reactive ketones (excluding diaryl/α,β-unsaturated/α-hetero) is 1. The minimum absolute atomic E-state index is 0.0723. The molecule has 0 amide bonds. The highest BCUT2D eigenvalue weighted by Gasteiger charge is 2.40. The topological polar surface area (TPSA) is 86.5 Å². The number of benzene rings is 1. The lowest BCUT2D eigenvalue weighted by Crippen LogP contribution is -2.39. The van der Waals surface area contributed by atoms with Gasteiger partial charge >= 0.3 is 6.36 Å². The number of alkyl halides is 3. The molecule has 0 radical (unpaired) electrons. The van der Waals surface area contributed by atoms with Gasteiger partial charge in [-0.3, -0.25) is 4.79 Å². The van der Waals surface area contributed by atoms with Crippen LogP contribution in [0.5, 0.6) is 5.75 Å². The van der Waals surface area contributed by atoms with E-state index in [1.54, 1.807) is 0 Å². The first-order valence-corrected chi connectivity index (χ1v) is 11.5. The molecule has 162 valence electrons. The number of hydrogen-bond donors (Lipinski definition) is 1. The molecule has 29 heavy (non-hydrogen) atoms. The highest BCUT2D eigenvalue weighted by molar-refractivity contribution is 7.92. The molecule has 2 fully saturated rings. The molecule has 2 aliphatic carbocycles. The first-order chi connectivity index (χ1) is 13.6. The normalized spacial score (nSPS) is 27.9. The number of ketones is 1. The van der Waals surface area contributed by atoms with Crippen molar-refractivity contribution in [3.05, 3.63) is 24.3 Å². The minimum atomic E-state index is -4.88. The fourth-order valence-electron chi connectivity index (χ4n) is 4.30. The Bertz CT molecular complexity index is 834. The quantitative estimate of drug-likeness (QED) is 0.702. The summed E-state index contributed by atoms with van der Waals surface area (Å²) in [4.78, 5) is 12.2. The Morgan fingerprint density at radius 1 is 1.17 bits per heavy atom. The molecule has 2 N–H and O–H groups in total. The van der Waals surface area contributed by atoms with Crippen molar-refractivity contribution in [2.75, 3.05) is 0 Å². The molecule has 3 rings (SSSR count). The zero-order chi connectivity index (χ0) is 21.2. The predicted molar refractivity (Wildman–Crippen MR) is 101 cm³/mol. The average Bonchev–Trinajstić information content (AvgIpc) is 2.59. The van der Waals surface area contributed by atoms with Crippen LogP contribution in [0.25, 0.3) is 0 Å². The van der Waals surface area contributed by atoms with Crippen molar-refractivity contribution < 1.29 is 31.1 Å². The maximum absolute atomic E-state index is 12.7. The molecular formula is C20H26F3NO4S. The fraction of sp³-hybridized carbons (Fsp3) is 0.650. The number of ether oxygens (including phenoxy) is 1. The summed E-state index contributed by atoms with van der Waals surface area (Å²) in [7, 11) is -3.73. The van der Waals surface area contributed by atoms with Gasteiger partial charge < -0.3 is 10.5 Å². The fourth-order valence-corrected chi connectivity index (χ4v) is 6.28. The van der Waals surface area contributed by atoms with Crippen molar-refractivity contribution in [3.8, 4) is 5.75 Å². The molecule has 0 aromatic heterocycles. The van der Waals surface area contributed by atoms with Gasteiger partial charge in [-0.15, -0.1) is 13.2 Å². The summed E-state index contributed by atoms with van der Waals surface area (Å²) >= 11 is 0. The number of carbonyl (C=O) groups excluding carboxylic acids is 1. The third kappa shape index (κ3) is 5.51. The van der Waals surface area contributed by atoms with Gasteiger partial charge in [-0.1, -0.05) is 18.9 Å². The SMILES string of the molecule is N[C@H]1CCCC[C@@H]1C(=O)CCC1CC(S(=O)(=O)c2cccc(OC(F)(F)F)c2)C1. The molecule has 0 saturated heterocycles. The molecule has 5 nitrogen and oxygen atoms in total. The van der Waals surface area contributed by atoms with Gasteiger partial charge in [-0.05, 0) is 56.2 Å². The lowest BCUT2D eigenvalue weighted by atomic mass is 9.77. The molecule has 0 spiro atoms. The maximum atomic E-state index is 12.7. The minimum Gasteiger partial charge on any atom is -0.406 e. The van der Waals surface area contributed by atoms with E-state index in [-0.39, 0.29) is 28.6 Å². The molecule has 2 saturated carbocycles. The first-order valence-electron chi connectivity index (χ1n) is 9.94. The summed E-state index contributed by atoms with van der Waals surface area (Å²) in [5.74, 6) is -0.336. The second-order valence-electron chi connectivity index (χ2n) is 8.09. The van der Waals surface area contributed by atoms with E-state index < -0.39 is 27.2 Å². The largest absolute Gasteiger partial charge is 0.573 e. The Hall–Kier alpha value is -1.61. The van der Waals surface area contributed by atoms with Crippen LogP contribution in [0.15, 0.2) is 29.2 Å². The van der Waals surface area contributed by atoms with Gasteiger partial charge in [0.05, 0.1) is 10.1 Å². The Balaban J connectivity index is 1.52. The van der Waals surface area contributed by atoms with Gasteiger partial charge in [0.2, 0.25) is 0 Å². The van der Waals surface area contributed by atoms with Crippen LogP contribution in [0.4, 0.5) is 13.2 Å². The van der Waals surface area contributed by atoms with E-state index in [0.717, 1.165) is 37.8 Å². The first kappa shape index (κ1) is 22.1. The van der Waals surface area contributed by atoms with E-state index in [4.69, 9.17) is 5.73 Å². The highest BCUT2D eigenvalue weighted by Crippen LogP contribution is 2.40. The molecule has 0 aliphatic heterocycles. The van der Waals surface area contributed by atoms with E-state index in [0.29, 0.717) is 25.7 Å². The Labute approximate surface area is 168 Å². The molecule has 1 aromatic rings. The lowest BCUT2D eigenvalue weighted by molar-refractivity contribution is -0.274. The van der Waals surface area contributed by atoms with Crippen LogP contribution in [0.2, 0.25) is 0 Å². The molecule has 1 aromatic carbocycles. The summed E-state index contributed by atoms with van der Waals surface area (Å²) in [5, 5.41) is -0.638.